The molecule has 3 atom stereocenters. The molecule has 0 saturated carbocycles. The Balaban J connectivity index is 4.34. The molecular weight excluding hydrogens is 236 g/mol. The van der Waals surface area contributed by atoms with Gasteiger partial charge in [0.05, 0.1) is 6.10 Å². The molecule has 5 N–H and O–H groups in total. The minimum atomic E-state index is -1.27. The first-order valence-electron chi connectivity index (χ1n) is 6.18. The van der Waals surface area contributed by atoms with E-state index in [-0.39, 0.29) is 18.2 Å². The van der Waals surface area contributed by atoms with Gasteiger partial charge in [-0.25, -0.2) is 4.79 Å². The summed E-state index contributed by atoms with van der Waals surface area (Å²) in [5.41, 5.74) is 5.57. The van der Waals surface area contributed by atoms with Crippen molar-refractivity contribution in [3.8, 4) is 0 Å². The summed E-state index contributed by atoms with van der Waals surface area (Å²) in [7, 11) is 0. The van der Waals surface area contributed by atoms with Crippen molar-refractivity contribution in [2.75, 3.05) is 6.54 Å². The van der Waals surface area contributed by atoms with E-state index in [0.717, 1.165) is 6.42 Å². The van der Waals surface area contributed by atoms with Gasteiger partial charge in [0.2, 0.25) is 5.91 Å². The molecule has 0 aliphatic carbocycles. The van der Waals surface area contributed by atoms with Crippen molar-refractivity contribution in [1.82, 2.24) is 5.32 Å². The third kappa shape index (κ3) is 6.56. The van der Waals surface area contributed by atoms with Crippen LogP contribution in [0.25, 0.3) is 0 Å². The smallest absolute Gasteiger partial charge is 0.328 e. The molecule has 0 aliphatic rings. The van der Waals surface area contributed by atoms with Gasteiger partial charge < -0.3 is 21.3 Å². The van der Waals surface area contributed by atoms with Crippen LogP contribution in [-0.4, -0.2) is 40.8 Å². The normalized spacial score (nSPS) is 16.1. The molecule has 0 aromatic carbocycles. The first-order chi connectivity index (χ1) is 8.27. The van der Waals surface area contributed by atoms with Crippen LogP contribution in [0.2, 0.25) is 0 Å². The summed E-state index contributed by atoms with van der Waals surface area (Å²) < 4.78 is 0. The fraction of sp³-hybridized carbons (Fsp3) is 0.833. The summed E-state index contributed by atoms with van der Waals surface area (Å²) in [5, 5.41) is 20.4. The van der Waals surface area contributed by atoms with Gasteiger partial charge in [-0.2, -0.15) is 0 Å². The third-order valence-electron chi connectivity index (χ3n) is 2.68. The Morgan fingerprint density at radius 1 is 1.28 bits per heavy atom. The summed E-state index contributed by atoms with van der Waals surface area (Å²) in [6.07, 6.45) is -0.130. The van der Waals surface area contributed by atoms with Crippen LogP contribution in [0.1, 0.15) is 33.6 Å². The number of carbonyl (C=O) groups excluding carboxylic acids is 1. The molecule has 0 fully saturated rings. The van der Waals surface area contributed by atoms with Crippen LogP contribution in [-0.2, 0) is 9.59 Å². The molecule has 1 amide bonds. The maximum Gasteiger partial charge on any atom is 0.328 e. The zero-order chi connectivity index (χ0) is 14.3. The third-order valence-corrected chi connectivity index (χ3v) is 2.68. The van der Waals surface area contributed by atoms with E-state index in [1.165, 1.54) is 6.92 Å². The fourth-order valence-electron chi connectivity index (χ4n) is 1.81. The Kier molecular flexibility index (Phi) is 7.54. The Hall–Kier alpha value is -1.14. The Morgan fingerprint density at radius 3 is 2.17 bits per heavy atom. The minimum Gasteiger partial charge on any atom is -0.480 e. The molecule has 0 aromatic rings. The molecule has 0 heterocycles. The maximum atomic E-state index is 11.7. The van der Waals surface area contributed by atoms with E-state index in [4.69, 9.17) is 10.8 Å². The summed E-state index contributed by atoms with van der Waals surface area (Å²) in [4.78, 5) is 22.5. The number of amides is 1. The first kappa shape index (κ1) is 16.9. The number of nitrogens with one attached hydrogen (secondary N) is 1. The second kappa shape index (κ2) is 8.05. The molecule has 0 spiro atoms. The predicted molar refractivity (Wildman–Crippen MR) is 67.9 cm³/mol. The Labute approximate surface area is 108 Å². The van der Waals surface area contributed by atoms with Crippen molar-refractivity contribution < 1.29 is 19.8 Å². The number of hydrogen-bond donors (Lipinski definition) is 4. The molecule has 106 valence electrons. The number of hydrogen-bond acceptors (Lipinski definition) is 4. The van der Waals surface area contributed by atoms with E-state index >= 15 is 0 Å². The molecule has 0 radical (unpaired) electrons. The van der Waals surface area contributed by atoms with Crippen molar-refractivity contribution in [1.29, 1.82) is 0 Å². The molecule has 0 aromatic heterocycles. The minimum absolute atomic E-state index is 0.0356. The molecular formula is C12H24N2O4. The highest BCUT2D eigenvalue weighted by Gasteiger charge is 2.25. The first-order valence-corrected chi connectivity index (χ1v) is 6.18. The van der Waals surface area contributed by atoms with Gasteiger partial charge in [-0.1, -0.05) is 13.8 Å². The van der Waals surface area contributed by atoms with Gasteiger partial charge in [0.1, 0.15) is 0 Å². The molecule has 0 saturated heterocycles. The van der Waals surface area contributed by atoms with Gasteiger partial charge in [0, 0.05) is 6.42 Å². The van der Waals surface area contributed by atoms with Crippen LogP contribution in [0.4, 0.5) is 0 Å². The second-order valence-electron chi connectivity index (χ2n) is 5.06. The average molecular weight is 260 g/mol. The standard InChI is InChI=1S/C12H24N2O4/c1-7(2)4-9(6-13)5-10(16)14-11(8(3)15)12(17)18/h7-9,11,15H,4-6,13H2,1-3H3,(H,14,16)(H,17,18)/t8?,9-,11?/m0/s1. The largest absolute Gasteiger partial charge is 0.480 e. The topological polar surface area (TPSA) is 113 Å². The van der Waals surface area contributed by atoms with E-state index in [1.807, 2.05) is 13.8 Å². The summed E-state index contributed by atoms with van der Waals surface area (Å²) in [5.74, 6) is -1.17. The van der Waals surface area contributed by atoms with Gasteiger partial charge in [0.15, 0.2) is 6.04 Å². The van der Waals surface area contributed by atoms with Gasteiger partial charge in [-0.3, -0.25) is 4.79 Å². The van der Waals surface area contributed by atoms with Crippen molar-refractivity contribution >= 4 is 11.9 Å². The Morgan fingerprint density at radius 2 is 1.83 bits per heavy atom. The van der Waals surface area contributed by atoms with E-state index in [2.05, 4.69) is 5.32 Å². The van der Waals surface area contributed by atoms with E-state index in [0.29, 0.717) is 12.5 Å². The summed E-state index contributed by atoms with van der Waals surface area (Å²) in [6.45, 7) is 5.79. The molecule has 6 nitrogen and oxygen atoms in total. The number of rotatable bonds is 8. The molecule has 0 bridgehead atoms. The lowest BCUT2D eigenvalue weighted by Crippen LogP contribution is -2.48. The van der Waals surface area contributed by atoms with Gasteiger partial charge in [-0.05, 0) is 31.7 Å². The number of aliphatic hydroxyl groups is 1. The summed E-state index contributed by atoms with van der Waals surface area (Å²) >= 11 is 0. The van der Waals surface area contributed by atoms with E-state index < -0.39 is 18.1 Å². The zero-order valence-corrected chi connectivity index (χ0v) is 11.2. The van der Waals surface area contributed by atoms with Gasteiger partial charge in [-0.15, -0.1) is 0 Å². The molecule has 6 heteroatoms. The quantitative estimate of drug-likeness (QED) is 0.488. The van der Waals surface area contributed by atoms with Crippen LogP contribution in [0.3, 0.4) is 0 Å². The van der Waals surface area contributed by atoms with Crippen molar-refractivity contribution in [3.63, 3.8) is 0 Å². The van der Waals surface area contributed by atoms with Gasteiger partial charge >= 0.3 is 5.97 Å². The molecule has 2 unspecified atom stereocenters. The lowest BCUT2D eigenvalue weighted by Gasteiger charge is -2.20. The molecule has 18 heavy (non-hydrogen) atoms. The van der Waals surface area contributed by atoms with Crippen molar-refractivity contribution in [2.45, 2.75) is 45.8 Å². The van der Waals surface area contributed by atoms with Crippen LogP contribution in [0.15, 0.2) is 0 Å². The zero-order valence-electron chi connectivity index (χ0n) is 11.2. The second-order valence-corrected chi connectivity index (χ2v) is 5.06. The number of carboxylic acids is 1. The highest BCUT2D eigenvalue weighted by atomic mass is 16.4. The number of aliphatic hydroxyl groups excluding tert-OH is 1. The lowest BCUT2D eigenvalue weighted by atomic mass is 9.94. The number of carboxylic acid groups (broad SMARTS) is 1. The van der Waals surface area contributed by atoms with E-state index in [9.17, 15) is 14.7 Å². The highest BCUT2D eigenvalue weighted by Crippen LogP contribution is 2.14. The SMILES string of the molecule is CC(C)C[C@H](CN)CC(=O)NC(C(=O)O)C(C)O. The monoisotopic (exact) mass is 260 g/mol. The summed E-state index contributed by atoms with van der Waals surface area (Å²) in [6, 6.07) is -1.27. The van der Waals surface area contributed by atoms with Crippen LogP contribution < -0.4 is 11.1 Å². The lowest BCUT2D eigenvalue weighted by molar-refractivity contribution is -0.144. The number of carbonyl (C=O) groups is 2. The number of nitrogens with two attached hydrogens (primary N) is 1. The number of aliphatic carboxylic acids is 1. The Bertz CT molecular complexity index is 279. The van der Waals surface area contributed by atoms with Gasteiger partial charge in [0.25, 0.3) is 0 Å². The van der Waals surface area contributed by atoms with E-state index in [1.54, 1.807) is 0 Å². The highest BCUT2D eigenvalue weighted by molar-refractivity contribution is 5.84. The van der Waals surface area contributed by atoms with Crippen molar-refractivity contribution in [2.24, 2.45) is 17.6 Å². The predicted octanol–water partition coefficient (Wildman–Crippen LogP) is -0.0523. The maximum absolute atomic E-state index is 11.7. The molecule has 0 rings (SSSR count). The van der Waals surface area contributed by atoms with Crippen LogP contribution in [0.5, 0.6) is 0 Å². The van der Waals surface area contributed by atoms with Crippen LogP contribution >= 0.6 is 0 Å². The fourth-order valence-corrected chi connectivity index (χ4v) is 1.81. The van der Waals surface area contributed by atoms with Crippen LogP contribution in [0, 0.1) is 11.8 Å². The average Bonchev–Trinajstić information content (AvgIpc) is 2.23. The molecule has 0 aliphatic heterocycles. The van der Waals surface area contributed by atoms with Crippen molar-refractivity contribution in [3.05, 3.63) is 0 Å².